The zero-order chi connectivity index (χ0) is 15.9. The van der Waals surface area contributed by atoms with E-state index in [1.807, 2.05) is 62.4 Å². The molecule has 0 unspecified atom stereocenters. The summed E-state index contributed by atoms with van der Waals surface area (Å²) in [4.78, 5) is 16.7. The van der Waals surface area contributed by atoms with Crippen molar-refractivity contribution in [2.24, 2.45) is 4.99 Å². The highest BCUT2D eigenvalue weighted by Crippen LogP contribution is 2.16. The molecule has 0 saturated carbocycles. The third-order valence-electron chi connectivity index (χ3n) is 3.40. The third-order valence-corrected chi connectivity index (χ3v) is 3.40. The van der Waals surface area contributed by atoms with E-state index < -0.39 is 0 Å². The van der Waals surface area contributed by atoms with Crippen LogP contribution in [0.25, 0.3) is 0 Å². The lowest BCUT2D eigenvalue weighted by molar-refractivity contribution is 0.0967. The van der Waals surface area contributed by atoms with Gasteiger partial charge < -0.3 is 4.74 Å². The monoisotopic (exact) mass is 296 g/mol. The highest BCUT2D eigenvalue weighted by atomic mass is 16.5. The van der Waals surface area contributed by atoms with Crippen LogP contribution in [0.1, 0.15) is 34.5 Å². The number of rotatable bonds is 3. The minimum atomic E-state index is -0.223. The Morgan fingerprint density at radius 2 is 1.73 bits per heavy atom. The van der Waals surface area contributed by atoms with Crippen molar-refractivity contribution in [2.75, 3.05) is 7.11 Å². The quantitative estimate of drug-likeness (QED) is 0.696. The molecule has 1 atom stereocenters. The summed E-state index contributed by atoms with van der Waals surface area (Å²) < 4.78 is 5.19. The lowest BCUT2D eigenvalue weighted by Gasteiger charge is -2.12. The summed E-state index contributed by atoms with van der Waals surface area (Å²) in [7, 11) is 1.49. The number of amides is 1. The molecule has 1 amide bonds. The van der Waals surface area contributed by atoms with Crippen molar-refractivity contribution in [2.45, 2.75) is 19.9 Å². The van der Waals surface area contributed by atoms with Crippen molar-refractivity contribution in [3.8, 4) is 0 Å². The number of ether oxygens (including phenoxy) is 1. The van der Waals surface area contributed by atoms with Crippen LogP contribution in [-0.2, 0) is 4.74 Å². The fourth-order valence-electron chi connectivity index (χ4n) is 2.11. The van der Waals surface area contributed by atoms with Crippen molar-refractivity contribution < 1.29 is 9.53 Å². The highest BCUT2D eigenvalue weighted by molar-refractivity contribution is 6.04. The summed E-state index contributed by atoms with van der Waals surface area (Å²) in [6, 6.07) is 17.4. The van der Waals surface area contributed by atoms with E-state index in [0.717, 1.165) is 11.1 Å². The highest BCUT2D eigenvalue weighted by Gasteiger charge is 2.12. The Bertz CT molecular complexity index is 666. The number of carbonyl (C=O) groups is 1. The average Bonchev–Trinajstić information content (AvgIpc) is 2.55. The number of hydrogen-bond acceptors (Lipinski definition) is 3. The van der Waals surface area contributed by atoms with E-state index in [0.29, 0.717) is 5.56 Å². The van der Waals surface area contributed by atoms with Crippen LogP contribution in [0.15, 0.2) is 59.6 Å². The fraction of sp³-hybridized carbons (Fsp3) is 0.222. The Kier molecular flexibility index (Phi) is 5.31. The van der Waals surface area contributed by atoms with E-state index in [2.05, 4.69) is 10.3 Å². The Hall–Kier alpha value is -2.62. The van der Waals surface area contributed by atoms with Gasteiger partial charge in [0.25, 0.3) is 11.9 Å². The smallest absolute Gasteiger partial charge is 0.292 e. The van der Waals surface area contributed by atoms with Crippen LogP contribution in [0, 0.1) is 6.92 Å². The summed E-state index contributed by atoms with van der Waals surface area (Å²) in [5, 5.41) is 2.71. The molecule has 0 aliphatic carbocycles. The van der Waals surface area contributed by atoms with Gasteiger partial charge in [0.15, 0.2) is 0 Å². The van der Waals surface area contributed by atoms with Crippen LogP contribution in [0.4, 0.5) is 0 Å². The van der Waals surface area contributed by atoms with E-state index >= 15 is 0 Å². The van der Waals surface area contributed by atoms with Gasteiger partial charge in [0.2, 0.25) is 0 Å². The molecule has 0 bridgehead atoms. The Morgan fingerprint density at radius 3 is 2.36 bits per heavy atom. The fourth-order valence-corrected chi connectivity index (χ4v) is 2.11. The summed E-state index contributed by atoms with van der Waals surface area (Å²) in [6.45, 7) is 3.85. The molecule has 4 heteroatoms. The van der Waals surface area contributed by atoms with Crippen LogP contribution >= 0.6 is 0 Å². The first-order valence-corrected chi connectivity index (χ1v) is 7.15. The van der Waals surface area contributed by atoms with Crippen molar-refractivity contribution in [3.63, 3.8) is 0 Å². The van der Waals surface area contributed by atoms with Gasteiger partial charge in [-0.15, -0.1) is 0 Å². The van der Waals surface area contributed by atoms with Gasteiger partial charge in [0.1, 0.15) is 0 Å². The molecule has 0 radical (unpaired) electrons. The first-order valence-electron chi connectivity index (χ1n) is 7.15. The molecule has 2 aromatic carbocycles. The topological polar surface area (TPSA) is 50.7 Å². The third kappa shape index (κ3) is 3.95. The maximum Gasteiger partial charge on any atom is 0.292 e. The van der Waals surface area contributed by atoms with Crippen LogP contribution in [0.2, 0.25) is 0 Å². The molecule has 0 saturated heterocycles. The van der Waals surface area contributed by atoms with Gasteiger partial charge in [-0.3, -0.25) is 10.1 Å². The van der Waals surface area contributed by atoms with Crippen LogP contribution in [0.5, 0.6) is 0 Å². The van der Waals surface area contributed by atoms with Gasteiger partial charge in [-0.05, 0) is 31.0 Å². The standard InChI is InChI=1S/C18H20N2O2/c1-13-9-7-8-12-16(13)17(21)20-18(22-3)19-14(2)15-10-5-4-6-11-15/h4-12,14H,1-3H3,(H,19,20,21)/t14-/m1/s1. The first-order chi connectivity index (χ1) is 10.6. The molecule has 1 N–H and O–H groups in total. The molecule has 0 aliphatic rings. The molecule has 4 nitrogen and oxygen atoms in total. The number of hydrogen-bond donors (Lipinski definition) is 1. The molecule has 114 valence electrons. The molecule has 2 rings (SSSR count). The summed E-state index contributed by atoms with van der Waals surface area (Å²) in [6.07, 6.45) is 0. The van der Waals surface area contributed by atoms with E-state index in [1.54, 1.807) is 6.07 Å². The zero-order valence-corrected chi connectivity index (χ0v) is 13.0. The van der Waals surface area contributed by atoms with E-state index in [-0.39, 0.29) is 18.0 Å². The Balaban J connectivity index is 2.14. The largest absolute Gasteiger partial charge is 0.468 e. The number of benzene rings is 2. The first kappa shape index (κ1) is 15.8. The Labute approximate surface area is 130 Å². The molecule has 0 heterocycles. The second-order valence-electron chi connectivity index (χ2n) is 4.99. The number of carbonyl (C=O) groups excluding carboxylic acids is 1. The average molecular weight is 296 g/mol. The maximum absolute atomic E-state index is 12.3. The van der Waals surface area contributed by atoms with Crippen LogP contribution in [0.3, 0.4) is 0 Å². The number of methoxy groups -OCH3 is 1. The maximum atomic E-state index is 12.3. The minimum absolute atomic E-state index is 0.103. The van der Waals surface area contributed by atoms with Crippen molar-refractivity contribution in [1.82, 2.24) is 5.32 Å². The second kappa shape index (κ2) is 7.41. The number of aliphatic imine (C=N–C) groups is 1. The molecular weight excluding hydrogens is 276 g/mol. The molecule has 0 aliphatic heterocycles. The molecule has 2 aromatic rings. The molecule has 0 spiro atoms. The molecule has 0 fully saturated rings. The Morgan fingerprint density at radius 1 is 1.09 bits per heavy atom. The normalized spacial score (nSPS) is 12.6. The lowest BCUT2D eigenvalue weighted by Crippen LogP contribution is -2.32. The van der Waals surface area contributed by atoms with Gasteiger partial charge in [0.05, 0.1) is 13.2 Å². The SMILES string of the molecule is COC(=N[C@H](C)c1ccccc1)NC(=O)c1ccccc1C. The van der Waals surface area contributed by atoms with Crippen molar-refractivity contribution in [3.05, 3.63) is 71.3 Å². The van der Waals surface area contributed by atoms with Gasteiger partial charge in [-0.2, -0.15) is 0 Å². The lowest BCUT2D eigenvalue weighted by atomic mass is 10.1. The number of amidine groups is 1. The van der Waals surface area contributed by atoms with Crippen molar-refractivity contribution in [1.29, 1.82) is 0 Å². The van der Waals surface area contributed by atoms with Gasteiger partial charge in [-0.1, -0.05) is 48.5 Å². The van der Waals surface area contributed by atoms with E-state index in [4.69, 9.17) is 4.74 Å². The predicted molar refractivity (Wildman–Crippen MR) is 87.9 cm³/mol. The summed E-state index contributed by atoms with van der Waals surface area (Å²) in [5.41, 5.74) is 2.58. The van der Waals surface area contributed by atoms with Crippen LogP contribution in [-0.4, -0.2) is 19.0 Å². The van der Waals surface area contributed by atoms with Gasteiger partial charge in [0, 0.05) is 5.56 Å². The van der Waals surface area contributed by atoms with E-state index in [9.17, 15) is 4.79 Å². The summed E-state index contributed by atoms with van der Waals surface area (Å²) in [5.74, 6) is -0.223. The van der Waals surface area contributed by atoms with E-state index in [1.165, 1.54) is 7.11 Å². The molecule has 22 heavy (non-hydrogen) atoms. The summed E-state index contributed by atoms with van der Waals surface area (Å²) >= 11 is 0. The second-order valence-corrected chi connectivity index (χ2v) is 4.99. The molecule has 0 aromatic heterocycles. The number of nitrogens with one attached hydrogen (secondary N) is 1. The molecular formula is C18H20N2O2. The number of aryl methyl sites for hydroxylation is 1. The minimum Gasteiger partial charge on any atom is -0.468 e. The van der Waals surface area contributed by atoms with Crippen LogP contribution < -0.4 is 5.32 Å². The van der Waals surface area contributed by atoms with Crippen molar-refractivity contribution >= 4 is 11.9 Å². The van der Waals surface area contributed by atoms with Gasteiger partial charge >= 0.3 is 0 Å². The zero-order valence-electron chi connectivity index (χ0n) is 13.0. The van der Waals surface area contributed by atoms with Gasteiger partial charge in [-0.25, -0.2) is 4.99 Å². The predicted octanol–water partition coefficient (Wildman–Crippen LogP) is 3.49. The number of nitrogens with zero attached hydrogens (tertiary/aromatic N) is 1.